The van der Waals surface area contributed by atoms with Gasteiger partial charge < -0.3 is 10.1 Å². The molecule has 1 rings (SSSR count). The summed E-state index contributed by atoms with van der Waals surface area (Å²) in [7, 11) is 1.50. The summed E-state index contributed by atoms with van der Waals surface area (Å²) in [6.45, 7) is 2.76. The molecule has 0 saturated carbocycles. The molecule has 0 radical (unpaired) electrons. The molecule has 1 unspecified atom stereocenters. The minimum Gasteiger partial charge on any atom is -0.383 e. The molecule has 1 heterocycles. The van der Waals surface area contributed by atoms with E-state index in [1.807, 2.05) is 6.92 Å². The van der Waals surface area contributed by atoms with Gasteiger partial charge in [0.05, 0.1) is 11.5 Å². The lowest BCUT2D eigenvalue weighted by Gasteiger charge is -2.23. The Hall–Kier alpha value is -0.470. The van der Waals surface area contributed by atoms with Crippen LogP contribution in [0.15, 0.2) is 16.3 Å². The predicted molar refractivity (Wildman–Crippen MR) is 73.4 cm³/mol. The summed E-state index contributed by atoms with van der Waals surface area (Å²) in [5, 5.41) is 4.78. The van der Waals surface area contributed by atoms with Crippen LogP contribution in [0.4, 0.5) is 0 Å². The van der Waals surface area contributed by atoms with E-state index in [-0.39, 0.29) is 6.04 Å². The lowest BCUT2D eigenvalue weighted by molar-refractivity contribution is 0.149. The molecule has 0 amide bonds. The summed E-state index contributed by atoms with van der Waals surface area (Å²) in [6, 6.07) is 1.46. The molecule has 0 spiro atoms. The van der Waals surface area contributed by atoms with Crippen molar-refractivity contribution < 1.29 is 13.2 Å². The number of nitrogens with one attached hydrogen (secondary N) is 1. The van der Waals surface area contributed by atoms with Crippen LogP contribution >= 0.6 is 11.3 Å². The van der Waals surface area contributed by atoms with Gasteiger partial charge in [-0.3, -0.25) is 0 Å². The Balaban J connectivity index is 3.01. The maximum absolute atomic E-state index is 12.5. The highest BCUT2D eigenvalue weighted by Gasteiger charge is 2.28. The normalized spacial score (nSPS) is 14.1. The molecule has 5 nitrogen and oxygen atoms in total. The van der Waals surface area contributed by atoms with Crippen LogP contribution in [0.25, 0.3) is 0 Å². The molecule has 0 aromatic carbocycles. The van der Waals surface area contributed by atoms with Crippen molar-refractivity contribution in [3.05, 3.63) is 16.3 Å². The Kier molecular flexibility index (Phi) is 5.74. The molecule has 0 aliphatic rings. The van der Waals surface area contributed by atoms with E-state index in [0.29, 0.717) is 18.0 Å². The third kappa shape index (κ3) is 3.30. The van der Waals surface area contributed by atoms with E-state index >= 15 is 0 Å². The van der Waals surface area contributed by atoms with E-state index in [1.54, 1.807) is 32.7 Å². The fourth-order valence-electron chi connectivity index (χ4n) is 1.59. The van der Waals surface area contributed by atoms with Gasteiger partial charge in [0.15, 0.2) is 0 Å². The lowest BCUT2D eigenvalue weighted by Crippen LogP contribution is -2.38. The first-order chi connectivity index (χ1) is 8.45. The molecule has 1 atom stereocenters. The molecule has 0 saturated heterocycles. The first-order valence-electron chi connectivity index (χ1n) is 5.63. The van der Waals surface area contributed by atoms with Crippen molar-refractivity contribution in [1.29, 1.82) is 0 Å². The van der Waals surface area contributed by atoms with Crippen molar-refractivity contribution in [2.45, 2.75) is 24.4 Å². The third-order valence-electron chi connectivity index (χ3n) is 2.73. The van der Waals surface area contributed by atoms with Gasteiger partial charge in [-0.2, -0.15) is 4.31 Å². The number of likely N-dealkylation sites (N-methyl/N-ethyl adjacent to an activating group) is 1. The first-order valence-corrected chi connectivity index (χ1v) is 7.95. The van der Waals surface area contributed by atoms with E-state index in [0.717, 1.165) is 4.88 Å². The maximum Gasteiger partial charge on any atom is 0.244 e. The number of sulfonamides is 1. The van der Waals surface area contributed by atoms with Crippen LogP contribution in [-0.4, -0.2) is 46.6 Å². The quantitative estimate of drug-likeness (QED) is 0.818. The Morgan fingerprint density at radius 1 is 1.56 bits per heavy atom. The van der Waals surface area contributed by atoms with Crippen LogP contribution in [0, 0.1) is 0 Å². The van der Waals surface area contributed by atoms with Crippen molar-refractivity contribution in [2.24, 2.45) is 0 Å². The van der Waals surface area contributed by atoms with E-state index in [2.05, 4.69) is 5.32 Å². The van der Waals surface area contributed by atoms with E-state index < -0.39 is 10.0 Å². The van der Waals surface area contributed by atoms with Crippen molar-refractivity contribution >= 4 is 21.4 Å². The van der Waals surface area contributed by atoms with Crippen LogP contribution in [0.1, 0.15) is 11.8 Å². The summed E-state index contributed by atoms with van der Waals surface area (Å²) in [6.07, 6.45) is 0. The van der Waals surface area contributed by atoms with Crippen LogP contribution in [0.5, 0.6) is 0 Å². The van der Waals surface area contributed by atoms with E-state index in [1.165, 1.54) is 15.6 Å². The van der Waals surface area contributed by atoms with Gasteiger partial charge in [0.1, 0.15) is 0 Å². The number of nitrogens with zero attached hydrogens (tertiary/aromatic N) is 1. The zero-order valence-electron chi connectivity index (χ0n) is 11.1. The van der Waals surface area contributed by atoms with Gasteiger partial charge >= 0.3 is 0 Å². The minimum atomic E-state index is -3.45. The molecule has 0 aliphatic carbocycles. The number of rotatable bonds is 7. The molecule has 0 aliphatic heterocycles. The Labute approximate surface area is 113 Å². The second-order valence-electron chi connectivity index (χ2n) is 4.06. The zero-order chi connectivity index (χ0) is 13.8. The molecule has 1 aromatic rings. The van der Waals surface area contributed by atoms with Gasteiger partial charge in [0.25, 0.3) is 0 Å². The Morgan fingerprint density at radius 2 is 2.22 bits per heavy atom. The SMILES string of the molecule is CNCc1sccc1S(=O)(=O)N(C)C(C)COC. The molecular weight excluding hydrogens is 272 g/mol. The van der Waals surface area contributed by atoms with Crippen LogP contribution in [-0.2, 0) is 21.3 Å². The topological polar surface area (TPSA) is 58.6 Å². The average Bonchev–Trinajstić information content (AvgIpc) is 2.77. The van der Waals surface area contributed by atoms with Gasteiger partial charge in [0.2, 0.25) is 10.0 Å². The average molecular weight is 292 g/mol. The second kappa shape index (κ2) is 6.63. The van der Waals surface area contributed by atoms with Gasteiger partial charge in [-0.15, -0.1) is 11.3 Å². The summed E-state index contributed by atoms with van der Waals surface area (Å²) in [4.78, 5) is 1.21. The molecule has 104 valence electrons. The fraction of sp³-hybridized carbons (Fsp3) is 0.636. The third-order valence-corrected chi connectivity index (χ3v) is 5.83. The van der Waals surface area contributed by atoms with E-state index in [9.17, 15) is 8.42 Å². The summed E-state index contributed by atoms with van der Waals surface area (Å²) < 4.78 is 31.3. The summed E-state index contributed by atoms with van der Waals surface area (Å²) in [5.74, 6) is 0. The number of hydrogen-bond donors (Lipinski definition) is 1. The predicted octanol–water partition coefficient (Wildman–Crippen LogP) is 1.12. The minimum absolute atomic E-state index is 0.192. The van der Waals surface area contributed by atoms with Crippen LogP contribution < -0.4 is 5.32 Å². The standard InChI is InChI=1S/C11H20N2O3S2/c1-9(8-16-4)13(3)18(14,15)11-5-6-17-10(11)7-12-2/h5-6,9,12H,7-8H2,1-4H3. The molecule has 0 bridgehead atoms. The number of thiophene rings is 1. The van der Waals surface area contributed by atoms with Crippen molar-refractivity contribution in [2.75, 3.05) is 27.8 Å². The fourth-order valence-corrected chi connectivity index (χ4v) is 4.36. The maximum atomic E-state index is 12.5. The number of ether oxygens (including phenoxy) is 1. The number of methoxy groups -OCH3 is 1. The molecule has 1 aromatic heterocycles. The summed E-state index contributed by atoms with van der Waals surface area (Å²) in [5.41, 5.74) is 0. The van der Waals surface area contributed by atoms with Crippen LogP contribution in [0.3, 0.4) is 0 Å². The second-order valence-corrected chi connectivity index (χ2v) is 7.03. The van der Waals surface area contributed by atoms with Gasteiger partial charge in [-0.05, 0) is 25.4 Å². The van der Waals surface area contributed by atoms with Gasteiger partial charge in [-0.1, -0.05) is 0 Å². The highest BCUT2D eigenvalue weighted by molar-refractivity contribution is 7.89. The smallest absolute Gasteiger partial charge is 0.244 e. The number of hydrogen-bond acceptors (Lipinski definition) is 5. The molecule has 18 heavy (non-hydrogen) atoms. The van der Waals surface area contributed by atoms with Crippen LogP contribution in [0.2, 0.25) is 0 Å². The van der Waals surface area contributed by atoms with Crippen molar-refractivity contribution in [3.63, 3.8) is 0 Å². The largest absolute Gasteiger partial charge is 0.383 e. The van der Waals surface area contributed by atoms with E-state index in [4.69, 9.17) is 4.74 Å². The molecule has 7 heteroatoms. The van der Waals surface area contributed by atoms with Gasteiger partial charge in [0, 0.05) is 31.6 Å². The molecular formula is C11H20N2O3S2. The van der Waals surface area contributed by atoms with Crippen molar-refractivity contribution in [1.82, 2.24) is 9.62 Å². The molecule has 1 N–H and O–H groups in total. The summed E-state index contributed by atoms with van der Waals surface area (Å²) >= 11 is 1.44. The zero-order valence-corrected chi connectivity index (χ0v) is 12.8. The van der Waals surface area contributed by atoms with Crippen molar-refractivity contribution in [3.8, 4) is 0 Å². The highest BCUT2D eigenvalue weighted by atomic mass is 32.2. The Bertz CT molecular complexity index is 470. The monoisotopic (exact) mass is 292 g/mol. The molecule has 0 fully saturated rings. The highest BCUT2D eigenvalue weighted by Crippen LogP contribution is 2.25. The Morgan fingerprint density at radius 3 is 2.78 bits per heavy atom. The first kappa shape index (κ1) is 15.6. The lowest BCUT2D eigenvalue weighted by atomic mass is 10.4. The van der Waals surface area contributed by atoms with Gasteiger partial charge in [-0.25, -0.2) is 8.42 Å².